The Kier molecular flexibility index (Phi) is 3.98. The number of rotatable bonds is 4. The highest BCUT2D eigenvalue weighted by Gasteiger charge is 2.22. The lowest BCUT2D eigenvalue weighted by Crippen LogP contribution is -2.38. The van der Waals surface area contributed by atoms with Gasteiger partial charge < -0.3 is 15.2 Å². The normalized spacial score (nSPS) is 26.5. The number of hydrogen-bond acceptors (Lipinski definition) is 3. The molecule has 0 radical (unpaired) electrons. The molecule has 2 unspecified atom stereocenters. The van der Waals surface area contributed by atoms with Crippen LogP contribution in [-0.2, 0) is 4.74 Å². The summed E-state index contributed by atoms with van der Waals surface area (Å²) < 4.78 is 5.33. The van der Waals surface area contributed by atoms with Gasteiger partial charge in [0.2, 0.25) is 0 Å². The van der Waals surface area contributed by atoms with Gasteiger partial charge in [0.05, 0.1) is 18.8 Å². The van der Waals surface area contributed by atoms with Crippen molar-refractivity contribution in [3.63, 3.8) is 0 Å². The zero-order valence-corrected chi connectivity index (χ0v) is 7.92. The van der Waals surface area contributed by atoms with Crippen LogP contribution in [0.25, 0.3) is 0 Å². The Hall–Kier alpha value is -0.120. The number of hydrogen-bond donors (Lipinski definition) is 2. The Bertz CT molecular complexity index is 122. The van der Waals surface area contributed by atoms with Crippen molar-refractivity contribution in [2.24, 2.45) is 0 Å². The lowest BCUT2D eigenvalue weighted by atomic mass is 10.1. The van der Waals surface area contributed by atoms with Crippen molar-refractivity contribution in [2.75, 3.05) is 13.2 Å². The molecule has 0 aromatic carbocycles. The molecular weight excluding hydrogens is 154 g/mol. The minimum atomic E-state index is -0.338. The molecule has 3 nitrogen and oxygen atoms in total. The summed E-state index contributed by atoms with van der Waals surface area (Å²) in [5, 5.41) is 12.9. The van der Waals surface area contributed by atoms with Crippen LogP contribution in [0.4, 0.5) is 0 Å². The molecule has 1 rings (SSSR count). The summed E-state index contributed by atoms with van der Waals surface area (Å²) >= 11 is 0. The van der Waals surface area contributed by atoms with E-state index in [9.17, 15) is 5.11 Å². The SMILES string of the molecule is CC(C)OCC(O)C1CCCN1. The molecule has 1 aliphatic rings. The summed E-state index contributed by atoms with van der Waals surface area (Å²) in [6.07, 6.45) is 2.11. The summed E-state index contributed by atoms with van der Waals surface area (Å²) in [6, 6.07) is 0.253. The van der Waals surface area contributed by atoms with Gasteiger partial charge in [0.15, 0.2) is 0 Å². The average Bonchev–Trinajstić information content (AvgIpc) is 2.51. The first-order valence-electron chi connectivity index (χ1n) is 4.73. The van der Waals surface area contributed by atoms with Crippen LogP contribution in [0.5, 0.6) is 0 Å². The molecule has 0 spiro atoms. The topological polar surface area (TPSA) is 41.5 Å². The van der Waals surface area contributed by atoms with E-state index in [0.29, 0.717) is 6.61 Å². The van der Waals surface area contributed by atoms with Gasteiger partial charge in [-0.05, 0) is 33.2 Å². The van der Waals surface area contributed by atoms with Crippen LogP contribution in [0.2, 0.25) is 0 Å². The maximum atomic E-state index is 9.61. The van der Waals surface area contributed by atoms with E-state index in [4.69, 9.17) is 4.74 Å². The molecule has 0 bridgehead atoms. The third kappa shape index (κ3) is 3.09. The van der Waals surface area contributed by atoms with Crippen LogP contribution in [0.1, 0.15) is 26.7 Å². The van der Waals surface area contributed by atoms with Gasteiger partial charge in [0, 0.05) is 6.04 Å². The molecule has 0 aromatic heterocycles. The van der Waals surface area contributed by atoms with E-state index < -0.39 is 0 Å². The third-order valence-electron chi connectivity index (χ3n) is 2.16. The number of aliphatic hydroxyl groups is 1. The minimum Gasteiger partial charge on any atom is -0.389 e. The lowest BCUT2D eigenvalue weighted by molar-refractivity contribution is -0.00704. The van der Waals surface area contributed by atoms with Crippen LogP contribution >= 0.6 is 0 Å². The fraction of sp³-hybridized carbons (Fsp3) is 1.00. The Morgan fingerprint density at radius 2 is 2.33 bits per heavy atom. The molecule has 1 aliphatic heterocycles. The molecule has 3 heteroatoms. The first kappa shape index (κ1) is 9.96. The summed E-state index contributed by atoms with van der Waals surface area (Å²) in [5.41, 5.74) is 0. The average molecular weight is 173 g/mol. The molecule has 72 valence electrons. The summed E-state index contributed by atoms with van der Waals surface area (Å²) in [4.78, 5) is 0. The van der Waals surface area contributed by atoms with E-state index in [1.165, 1.54) is 6.42 Å². The van der Waals surface area contributed by atoms with Crippen molar-refractivity contribution in [1.82, 2.24) is 5.32 Å². The smallest absolute Gasteiger partial charge is 0.0926 e. The molecule has 0 saturated carbocycles. The fourth-order valence-electron chi connectivity index (χ4n) is 1.45. The number of nitrogens with one attached hydrogen (secondary N) is 1. The molecule has 1 saturated heterocycles. The highest BCUT2D eigenvalue weighted by atomic mass is 16.5. The summed E-state index contributed by atoms with van der Waals surface area (Å²) in [5.74, 6) is 0. The predicted molar refractivity (Wildman–Crippen MR) is 48.1 cm³/mol. The van der Waals surface area contributed by atoms with E-state index >= 15 is 0 Å². The molecule has 1 fully saturated rings. The monoisotopic (exact) mass is 173 g/mol. The van der Waals surface area contributed by atoms with Gasteiger partial charge in [-0.1, -0.05) is 0 Å². The van der Waals surface area contributed by atoms with Crippen LogP contribution in [0, 0.1) is 0 Å². The third-order valence-corrected chi connectivity index (χ3v) is 2.16. The lowest BCUT2D eigenvalue weighted by Gasteiger charge is -2.19. The van der Waals surface area contributed by atoms with Crippen molar-refractivity contribution in [3.05, 3.63) is 0 Å². The maximum absolute atomic E-state index is 9.61. The van der Waals surface area contributed by atoms with E-state index in [2.05, 4.69) is 5.32 Å². The zero-order chi connectivity index (χ0) is 8.97. The molecule has 0 aliphatic carbocycles. The van der Waals surface area contributed by atoms with E-state index in [1.54, 1.807) is 0 Å². The summed E-state index contributed by atoms with van der Waals surface area (Å²) in [7, 11) is 0. The van der Waals surface area contributed by atoms with Gasteiger partial charge in [0.25, 0.3) is 0 Å². The Morgan fingerprint density at radius 1 is 1.58 bits per heavy atom. The quantitative estimate of drug-likeness (QED) is 0.651. The highest BCUT2D eigenvalue weighted by Crippen LogP contribution is 2.09. The van der Waals surface area contributed by atoms with Gasteiger partial charge in [0.1, 0.15) is 0 Å². The Morgan fingerprint density at radius 3 is 2.83 bits per heavy atom. The fourth-order valence-corrected chi connectivity index (χ4v) is 1.45. The predicted octanol–water partition coefficient (Wildman–Crippen LogP) is 0.524. The van der Waals surface area contributed by atoms with Crippen LogP contribution in [0.3, 0.4) is 0 Å². The number of ether oxygens (including phenoxy) is 1. The van der Waals surface area contributed by atoms with E-state index in [1.807, 2.05) is 13.8 Å². The van der Waals surface area contributed by atoms with Crippen LogP contribution < -0.4 is 5.32 Å². The van der Waals surface area contributed by atoms with Gasteiger partial charge in [-0.2, -0.15) is 0 Å². The van der Waals surface area contributed by atoms with E-state index in [-0.39, 0.29) is 18.2 Å². The first-order valence-corrected chi connectivity index (χ1v) is 4.73. The summed E-state index contributed by atoms with van der Waals surface area (Å²) in [6.45, 7) is 5.45. The van der Waals surface area contributed by atoms with Crippen molar-refractivity contribution >= 4 is 0 Å². The molecule has 2 atom stereocenters. The molecule has 1 heterocycles. The molecule has 0 amide bonds. The van der Waals surface area contributed by atoms with Gasteiger partial charge in [-0.15, -0.1) is 0 Å². The second kappa shape index (κ2) is 4.80. The van der Waals surface area contributed by atoms with Gasteiger partial charge >= 0.3 is 0 Å². The minimum absolute atomic E-state index is 0.209. The van der Waals surface area contributed by atoms with Crippen molar-refractivity contribution in [3.8, 4) is 0 Å². The molecule has 12 heavy (non-hydrogen) atoms. The Labute approximate surface area is 74.1 Å². The number of aliphatic hydroxyl groups excluding tert-OH is 1. The maximum Gasteiger partial charge on any atom is 0.0926 e. The molecule has 2 N–H and O–H groups in total. The van der Waals surface area contributed by atoms with Crippen molar-refractivity contribution < 1.29 is 9.84 Å². The highest BCUT2D eigenvalue weighted by molar-refractivity contribution is 4.80. The van der Waals surface area contributed by atoms with E-state index in [0.717, 1.165) is 13.0 Å². The first-order chi connectivity index (χ1) is 5.70. The van der Waals surface area contributed by atoms with Crippen LogP contribution in [-0.4, -0.2) is 36.5 Å². The Balaban J connectivity index is 2.13. The second-order valence-corrected chi connectivity index (χ2v) is 3.65. The van der Waals surface area contributed by atoms with Crippen molar-refractivity contribution in [2.45, 2.75) is 44.9 Å². The largest absolute Gasteiger partial charge is 0.389 e. The molecular formula is C9H19NO2. The molecule has 0 aromatic rings. The van der Waals surface area contributed by atoms with Gasteiger partial charge in [-0.25, -0.2) is 0 Å². The standard InChI is InChI=1S/C9H19NO2/c1-7(2)12-6-9(11)8-4-3-5-10-8/h7-11H,3-6H2,1-2H3. The van der Waals surface area contributed by atoms with Gasteiger partial charge in [-0.3, -0.25) is 0 Å². The second-order valence-electron chi connectivity index (χ2n) is 3.65. The van der Waals surface area contributed by atoms with Crippen LogP contribution in [0.15, 0.2) is 0 Å². The van der Waals surface area contributed by atoms with Crippen molar-refractivity contribution in [1.29, 1.82) is 0 Å². The zero-order valence-electron chi connectivity index (χ0n) is 7.92.